The largest absolute Gasteiger partial charge is 0.343 e. The molecule has 31 heavy (non-hydrogen) atoms. The van der Waals surface area contributed by atoms with Gasteiger partial charge in [-0.15, -0.1) is 0 Å². The number of nitrogens with one attached hydrogen (secondary N) is 1. The van der Waals surface area contributed by atoms with Crippen LogP contribution in [0, 0.1) is 11.3 Å². The van der Waals surface area contributed by atoms with Crippen LogP contribution in [0.4, 0.5) is 8.78 Å². The third kappa shape index (κ3) is 3.82. The van der Waals surface area contributed by atoms with Gasteiger partial charge in [-0.1, -0.05) is 18.2 Å². The smallest absolute Gasteiger partial charge is 0.268 e. The van der Waals surface area contributed by atoms with Crippen molar-refractivity contribution in [3.8, 4) is 17.3 Å². The summed E-state index contributed by atoms with van der Waals surface area (Å²) in [6, 6.07) is 9.53. The van der Waals surface area contributed by atoms with Gasteiger partial charge in [0.15, 0.2) is 0 Å². The topological polar surface area (TPSA) is 104 Å². The summed E-state index contributed by atoms with van der Waals surface area (Å²) in [6.45, 7) is -1.34. The molecule has 158 valence electrons. The molecule has 4 rings (SSSR count). The number of aryl methyl sites for hydroxylation is 1. The first-order valence-electron chi connectivity index (χ1n) is 9.52. The molecule has 2 aromatic heterocycles. The summed E-state index contributed by atoms with van der Waals surface area (Å²) in [5.74, 6) is -4.42. The lowest BCUT2D eigenvalue weighted by molar-refractivity contribution is -0.131. The van der Waals surface area contributed by atoms with Crippen LogP contribution in [0.15, 0.2) is 42.7 Å². The number of alkyl halides is 2. The fourth-order valence-electron chi connectivity index (χ4n) is 3.74. The van der Waals surface area contributed by atoms with Gasteiger partial charge in [0, 0.05) is 36.8 Å². The minimum absolute atomic E-state index is 0.246. The molecule has 0 radical (unpaired) electrons. The molecular formula is C21H18F2N6O2. The average Bonchev–Trinajstić information content (AvgIpc) is 3.28. The van der Waals surface area contributed by atoms with Gasteiger partial charge in [-0.2, -0.15) is 10.4 Å². The van der Waals surface area contributed by atoms with E-state index in [4.69, 9.17) is 5.26 Å². The van der Waals surface area contributed by atoms with Gasteiger partial charge in [-0.05, 0) is 12.1 Å². The molecule has 1 fully saturated rings. The summed E-state index contributed by atoms with van der Waals surface area (Å²) in [5, 5.41) is 16.8. The van der Waals surface area contributed by atoms with E-state index in [-0.39, 0.29) is 5.56 Å². The van der Waals surface area contributed by atoms with E-state index in [1.165, 1.54) is 18.5 Å². The van der Waals surface area contributed by atoms with Gasteiger partial charge in [0.05, 0.1) is 30.2 Å². The van der Waals surface area contributed by atoms with Crippen LogP contribution < -0.4 is 5.32 Å². The number of fused-ring (bicyclic) bond motifs is 1. The monoisotopic (exact) mass is 424 g/mol. The maximum atomic E-state index is 13.6. The predicted molar refractivity (Wildman–Crippen MR) is 107 cm³/mol. The zero-order valence-corrected chi connectivity index (χ0v) is 16.5. The molecular weight excluding hydrogens is 406 g/mol. The van der Waals surface area contributed by atoms with E-state index >= 15 is 0 Å². The molecule has 0 aliphatic carbocycles. The third-order valence-electron chi connectivity index (χ3n) is 5.22. The number of halogens is 2. The number of carbonyl (C=O) groups excluding carboxylic acids is 2. The fourth-order valence-corrected chi connectivity index (χ4v) is 3.74. The van der Waals surface area contributed by atoms with E-state index in [0.717, 1.165) is 15.8 Å². The number of para-hydroxylation sites is 1. The number of benzene rings is 1. The number of hydrogen-bond donors (Lipinski definition) is 1. The Morgan fingerprint density at radius 2 is 2.10 bits per heavy atom. The molecule has 0 saturated carbocycles. The molecule has 10 heteroatoms. The standard InChI is InChI=1S/C21H18F2N6O2/c1-28-17-5-3-2-4-15(17)19(27-28)16-10-25-7-6-14(16)20(31)26-11-18(30)29-12-21(22,23)8-13(29)9-24/h2-7,10,13H,8,11-12H2,1H3,(H,26,31)/t13-/m0/s1. The van der Waals surface area contributed by atoms with Crippen LogP contribution >= 0.6 is 0 Å². The van der Waals surface area contributed by atoms with Crippen molar-refractivity contribution in [3.05, 3.63) is 48.3 Å². The van der Waals surface area contributed by atoms with Gasteiger partial charge in [-0.25, -0.2) is 8.78 Å². The van der Waals surface area contributed by atoms with E-state index in [1.54, 1.807) is 17.8 Å². The van der Waals surface area contributed by atoms with Gasteiger partial charge in [0.25, 0.3) is 11.8 Å². The zero-order chi connectivity index (χ0) is 22.2. The number of nitrogens with zero attached hydrogens (tertiary/aromatic N) is 5. The van der Waals surface area contributed by atoms with Crippen molar-refractivity contribution in [2.45, 2.75) is 18.4 Å². The Hall–Kier alpha value is -3.87. The Morgan fingerprint density at radius 3 is 2.87 bits per heavy atom. The molecule has 0 bridgehead atoms. The van der Waals surface area contributed by atoms with Gasteiger partial charge in [-0.3, -0.25) is 19.3 Å². The van der Waals surface area contributed by atoms with Gasteiger partial charge < -0.3 is 10.2 Å². The van der Waals surface area contributed by atoms with Crippen LogP contribution in [0.1, 0.15) is 16.8 Å². The number of carbonyl (C=O) groups is 2. The Bertz CT molecular complexity index is 1220. The normalized spacial score (nSPS) is 17.5. The Balaban J connectivity index is 1.56. The van der Waals surface area contributed by atoms with Crippen LogP contribution in [0.5, 0.6) is 0 Å². The summed E-state index contributed by atoms with van der Waals surface area (Å²) >= 11 is 0. The molecule has 0 unspecified atom stereocenters. The second-order valence-electron chi connectivity index (χ2n) is 7.32. The first kappa shape index (κ1) is 20.4. The number of rotatable bonds is 4. The number of aromatic nitrogens is 3. The second-order valence-corrected chi connectivity index (χ2v) is 7.32. The number of likely N-dealkylation sites (tertiary alicyclic amines) is 1. The first-order valence-corrected chi connectivity index (χ1v) is 9.52. The van der Waals surface area contributed by atoms with Crippen molar-refractivity contribution >= 4 is 22.7 Å². The second kappa shape index (κ2) is 7.75. The Morgan fingerprint density at radius 1 is 1.32 bits per heavy atom. The molecule has 1 N–H and O–H groups in total. The highest BCUT2D eigenvalue weighted by atomic mass is 19.3. The van der Waals surface area contributed by atoms with Crippen LogP contribution in [0.25, 0.3) is 22.2 Å². The van der Waals surface area contributed by atoms with E-state index < -0.39 is 43.3 Å². The van der Waals surface area contributed by atoms with Crippen molar-refractivity contribution in [1.82, 2.24) is 25.0 Å². The predicted octanol–water partition coefficient (Wildman–Crippen LogP) is 2.12. The summed E-state index contributed by atoms with van der Waals surface area (Å²) in [6.07, 6.45) is 2.25. The summed E-state index contributed by atoms with van der Waals surface area (Å²) in [4.78, 5) is 30.1. The van der Waals surface area contributed by atoms with E-state index in [0.29, 0.717) is 11.3 Å². The molecule has 1 aliphatic rings. The molecule has 0 spiro atoms. The van der Waals surface area contributed by atoms with Crippen LogP contribution in [-0.4, -0.2) is 56.5 Å². The lowest BCUT2D eigenvalue weighted by atomic mass is 10.0. The quantitative estimate of drug-likeness (QED) is 0.691. The molecule has 1 saturated heterocycles. The van der Waals surface area contributed by atoms with Crippen molar-refractivity contribution in [1.29, 1.82) is 5.26 Å². The van der Waals surface area contributed by atoms with Gasteiger partial charge >= 0.3 is 0 Å². The first-order chi connectivity index (χ1) is 14.8. The number of pyridine rings is 1. The summed E-state index contributed by atoms with van der Waals surface area (Å²) in [7, 11) is 1.79. The number of nitriles is 1. The Kier molecular flexibility index (Phi) is 5.10. The van der Waals surface area contributed by atoms with Crippen molar-refractivity contribution in [2.24, 2.45) is 7.05 Å². The van der Waals surface area contributed by atoms with Crippen molar-refractivity contribution in [3.63, 3.8) is 0 Å². The minimum Gasteiger partial charge on any atom is -0.343 e. The molecule has 8 nitrogen and oxygen atoms in total. The maximum absolute atomic E-state index is 13.6. The number of amides is 2. The highest BCUT2D eigenvalue weighted by Crippen LogP contribution is 2.32. The lowest BCUT2D eigenvalue weighted by Gasteiger charge is -2.19. The molecule has 3 heterocycles. The Labute approximate surface area is 176 Å². The van der Waals surface area contributed by atoms with Crippen LogP contribution in [0.3, 0.4) is 0 Å². The average molecular weight is 424 g/mol. The van der Waals surface area contributed by atoms with Crippen molar-refractivity contribution < 1.29 is 18.4 Å². The van der Waals surface area contributed by atoms with Crippen LogP contribution in [0.2, 0.25) is 0 Å². The minimum atomic E-state index is -3.11. The SMILES string of the molecule is Cn1nc(-c2cnccc2C(=O)NCC(=O)N2CC(F)(F)C[C@H]2C#N)c2ccccc21. The third-order valence-corrected chi connectivity index (χ3v) is 5.22. The maximum Gasteiger partial charge on any atom is 0.268 e. The summed E-state index contributed by atoms with van der Waals surface area (Å²) in [5.41, 5.74) is 2.16. The molecule has 1 aliphatic heterocycles. The molecule has 1 atom stereocenters. The van der Waals surface area contributed by atoms with Crippen molar-refractivity contribution in [2.75, 3.05) is 13.1 Å². The van der Waals surface area contributed by atoms with Gasteiger partial charge in [0.2, 0.25) is 5.91 Å². The van der Waals surface area contributed by atoms with Gasteiger partial charge in [0.1, 0.15) is 11.7 Å². The zero-order valence-electron chi connectivity index (χ0n) is 16.5. The molecule has 3 aromatic rings. The summed E-state index contributed by atoms with van der Waals surface area (Å²) < 4.78 is 28.8. The molecule has 2 amide bonds. The highest BCUT2D eigenvalue weighted by Gasteiger charge is 2.47. The molecule has 1 aromatic carbocycles. The van der Waals surface area contributed by atoms with E-state index in [2.05, 4.69) is 15.4 Å². The number of hydrogen-bond acceptors (Lipinski definition) is 5. The fraction of sp³-hybridized carbons (Fsp3) is 0.286. The van der Waals surface area contributed by atoms with Crippen LogP contribution in [-0.2, 0) is 11.8 Å². The van der Waals surface area contributed by atoms with E-state index in [1.807, 2.05) is 24.3 Å². The lowest BCUT2D eigenvalue weighted by Crippen LogP contribution is -2.43. The van der Waals surface area contributed by atoms with E-state index in [9.17, 15) is 18.4 Å². The highest BCUT2D eigenvalue weighted by molar-refractivity contribution is 6.05.